The highest BCUT2D eigenvalue weighted by Gasteiger charge is 2.22. The molecule has 5 nitrogen and oxygen atoms in total. The first kappa shape index (κ1) is 17.0. The van der Waals surface area contributed by atoms with Crippen LogP contribution in [0.5, 0.6) is 0 Å². The van der Waals surface area contributed by atoms with Crippen LogP contribution in [-0.4, -0.2) is 22.5 Å². The molecule has 1 atom stereocenters. The lowest BCUT2D eigenvalue weighted by Crippen LogP contribution is -2.44. The summed E-state index contributed by atoms with van der Waals surface area (Å²) in [6.45, 7) is 5.65. The van der Waals surface area contributed by atoms with Gasteiger partial charge in [-0.05, 0) is 43.9 Å². The van der Waals surface area contributed by atoms with E-state index >= 15 is 0 Å². The van der Waals surface area contributed by atoms with Crippen molar-refractivity contribution in [3.8, 4) is 0 Å². The maximum atomic E-state index is 12.1. The quantitative estimate of drug-likeness (QED) is 0.673. The predicted molar refractivity (Wildman–Crippen MR) is 83.0 cm³/mol. The summed E-state index contributed by atoms with van der Waals surface area (Å²) in [6, 6.07) is 7.48. The van der Waals surface area contributed by atoms with Gasteiger partial charge in [-0.15, -0.1) is 0 Å². The zero-order chi connectivity index (χ0) is 16.0. The third-order valence-electron chi connectivity index (χ3n) is 3.44. The Hall–Kier alpha value is -2.04. The van der Waals surface area contributed by atoms with Gasteiger partial charge in [-0.3, -0.25) is 9.59 Å². The molecule has 0 aliphatic rings. The van der Waals surface area contributed by atoms with E-state index in [1.807, 2.05) is 45.0 Å². The molecule has 0 heterocycles. The number of benzene rings is 1. The van der Waals surface area contributed by atoms with Gasteiger partial charge in [0.25, 0.3) is 0 Å². The molecule has 21 heavy (non-hydrogen) atoms. The number of aliphatic carboxylic acids is 1. The molecule has 4 N–H and O–H groups in total. The highest BCUT2D eigenvalue weighted by Crippen LogP contribution is 2.21. The van der Waals surface area contributed by atoms with Gasteiger partial charge in [-0.1, -0.05) is 19.1 Å². The van der Waals surface area contributed by atoms with Gasteiger partial charge < -0.3 is 16.2 Å². The molecule has 0 aliphatic heterocycles. The Morgan fingerprint density at radius 2 is 1.86 bits per heavy atom. The van der Waals surface area contributed by atoms with E-state index in [2.05, 4.69) is 5.32 Å². The molecule has 0 spiro atoms. The molecule has 116 valence electrons. The van der Waals surface area contributed by atoms with Gasteiger partial charge >= 0.3 is 5.97 Å². The van der Waals surface area contributed by atoms with Crippen LogP contribution in [-0.2, 0) is 9.59 Å². The first-order valence-corrected chi connectivity index (χ1v) is 7.08. The largest absolute Gasteiger partial charge is 0.481 e. The molecule has 5 heteroatoms. The van der Waals surface area contributed by atoms with Gasteiger partial charge in [0.05, 0.1) is 0 Å². The number of nitrogens with one attached hydrogen (secondary N) is 1. The van der Waals surface area contributed by atoms with Crippen molar-refractivity contribution in [3.05, 3.63) is 29.8 Å². The lowest BCUT2D eigenvalue weighted by atomic mass is 9.94. The lowest BCUT2D eigenvalue weighted by Gasteiger charge is -2.26. The van der Waals surface area contributed by atoms with Crippen molar-refractivity contribution in [2.24, 2.45) is 0 Å². The van der Waals surface area contributed by atoms with Crippen molar-refractivity contribution in [2.45, 2.75) is 51.5 Å². The Bertz CT molecular complexity index is 495. The Labute approximate surface area is 125 Å². The molecule has 0 saturated heterocycles. The first-order valence-electron chi connectivity index (χ1n) is 7.08. The zero-order valence-corrected chi connectivity index (χ0v) is 12.8. The first-order chi connectivity index (χ1) is 9.69. The van der Waals surface area contributed by atoms with Gasteiger partial charge in [0, 0.05) is 24.1 Å². The van der Waals surface area contributed by atoms with Gasteiger partial charge in [-0.2, -0.15) is 0 Å². The minimum atomic E-state index is -0.854. The summed E-state index contributed by atoms with van der Waals surface area (Å²) in [5.41, 5.74) is 6.88. The molecule has 1 amide bonds. The molecule has 1 rings (SSSR count). The maximum absolute atomic E-state index is 12.1. The number of amides is 1. The summed E-state index contributed by atoms with van der Waals surface area (Å²) in [4.78, 5) is 22.7. The SMILES string of the molecule is CC(CC(=O)NC(C)(C)CCC(=O)O)c1ccc(N)cc1. The Kier molecular flexibility index (Phi) is 5.76. The van der Waals surface area contributed by atoms with E-state index in [-0.39, 0.29) is 18.2 Å². The predicted octanol–water partition coefficient (Wildman–Crippen LogP) is 2.52. The fraction of sp³-hybridized carbons (Fsp3) is 0.500. The van der Waals surface area contributed by atoms with Crippen molar-refractivity contribution >= 4 is 17.6 Å². The van der Waals surface area contributed by atoms with E-state index in [1.54, 1.807) is 0 Å². The molecule has 0 aromatic heterocycles. The van der Waals surface area contributed by atoms with Crippen molar-refractivity contribution in [1.82, 2.24) is 5.32 Å². The molecule has 1 aromatic rings. The van der Waals surface area contributed by atoms with Crippen LogP contribution in [0.3, 0.4) is 0 Å². The Morgan fingerprint density at radius 3 is 2.38 bits per heavy atom. The smallest absolute Gasteiger partial charge is 0.303 e. The second kappa shape index (κ2) is 7.11. The molecule has 0 bridgehead atoms. The van der Waals surface area contributed by atoms with Crippen LogP contribution in [0, 0.1) is 0 Å². The van der Waals surface area contributed by atoms with Crippen molar-refractivity contribution in [2.75, 3.05) is 5.73 Å². The zero-order valence-electron chi connectivity index (χ0n) is 12.8. The van der Waals surface area contributed by atoms with Crippen molar-refractivity contribution < 1.29 is 14.7 Å². The number of hydrogen-bond acceptors (Lipinski definition) is 3. The summed E-state index contributed by atoms with van der Waals surface area (Å²) < 4.78 is 0. The number of carbonyl (C=O) groups excluding carboxylic acids is 1. The molecular weight excluding hydrogens is 268 g/mol. The van der Waals surface area contributed by atoms with Crippen LogP contribution in [0.4, 0.5) is 5.69 Å². The molecule has 1 aromatic carbocycles. The normalized spacial score (nSPS) is 12.7. The highest BCUT2D eigenvalue weighted by molar-refractivity contribution is 5.77. The monoisotopic (exact) mass is 292 g/mol. The topological polar surface area (TPSA) is 92.4 Å². The number of carboxylic acids is 1. The highest BCUT2D eigenvalue weighted by atomic mass is 16.4. The average molecular weight is 292 g/mol. The third kappa shape index (κ3) is 6.29. The average Bonchev–Trinajstić information content (AvgIpc) is 2.36. The number of anilines is 1. The summed E-state index contributed by atoms with van der Waals surface area (Å²) >= 11 is 0. The number of nitrogens with two attached hydrogens (primary N) is 1. The summed E-state index contributed by atoms with van der Waals surface area (Å²) in [5, 5.41) is 11.6. The van der Waals surface area contributed by atoms with Gasteiger partial charge in [0.1, 0.15) is 0 Å². The summed E-state index contributed by atoms with van der Waals surface area (Å²) in [5.74, 6) is -0.844. The molecule has 0 fully saturated rings. The number of carbonyl (C=O) groups is 2. The molecule has 1 unspecified atom stereocenters. The molecule has 0 aliphatic carbocycles. The number of carboxylic acid groups (broad SMARTS) is 1. The number of rotatable bonds is 7. The van der Waals surface area contributed by atoms with E-state index in [9.17, 15) is 9.59 Å². The molecule has 0 saturated carbocycles. The van der Waals surface area contributed by atoms with Crippen LogP contribution in [0.15, 0.2) is 24.3 Å². The van der Waals surface area contributed by atoms with Crippen LogP contribution < -0.4 is 11.1 Å². The van der Waals surface area contributed by atoms with E-state index in [4.69, 9.17) is 10.8 Å². The van der Waals surface area contributed by atoms with Crippen molar-refractivity contribution in [3.63, 3.8) is 0 Å². The van der Waals surface area contributed by atoms with Gasteiger partial charge in [0.15, 0.2) is 0 Å². The van der Waals surface area contributed by atoms with Crippen LogP contribution >= 0.6 is 0 Å². The van der Waals surface area contributed by atoms with E-state index < -0.39 is 11.5 Å². The number of nitrogen functional groups attached to an aromatic ring is 1. The molecule has 0 radical (unpaired) electrons. The lowest BCUT2D eigenvalue weighted by molar-refractivity contribution is -0.137. The van der Waals surface area contributed by atoms with Crippen LogP contribution in [0.1, 0.15) is 51.5 Å². The Balaban J connectivity index is 2.52. The maximum Gasteiger partial charge on any atom is 0.303 e. The third-order valence-corrected chi connectivity index (χ3v) is 3.44. The van der Waals surface area contributed by atoms with Crippen LogP contribution in [0.25, 0.3) is 0 Å². The van der Waals surface area contributed by atoms with E-state index in [1.165, 1.54) is 0 Å². The van der Waals surface area contributed by atoms with Gasteiger partial charge in [0.2, 0.25) is 5.91 Å². The minimum Gasteiger partial charge on any atom is -0.481 e. The second-order valence-electron chi connectivity index (χ2n) is 6.10. The Morgan fingerprint density at radius 1 is 1.29 bits per heavy atom. The fourth-order valence-corrected chi connectivity index (χ4v) is 2.13. The van der Waals surface area contributed by atoms with Crippen molar-refractivity contribution in [1.29, 1.82) is 0 Å². The van der Waals surface area contributed by atoms with Gasteiger partial charge in [-0.25, -0.2) is 0 Å². The fourth-order valence-electron chi connectivity index (χ4n) is 2.13. The summed E-state index contributed by atoms with van der Waals surface area (Å²) in [7, 11) is 0. The summed E-state index contributed by atoms with van der Waals surface area (Å²) in [6.07, 6.45) is 0.811. The standard InChI is InChI=1S/C16H24N2O3/c1-11(12-4-6-13(17)7-5-12)10-14(19)18-16(2,3)9-8-15(20)21/h4-7,11H,8-10,17H2,1-3H3,(H,18,19)(H,20,21). The second-order valence-corrected chi connectivity index (χ2v) is 6.10. The van der Waals surface area contributed by atoms with Crippen LogP contribution in [0.2, 0.25) is 0 Å². The number of hydrogen-bond donors (Lipinski definition) is 3. The molecular formula is C16H24N2O3. The minimum absolute atomic E-state index is 0.0425. The van der Waals surface area contributed by atoms with E-state index in [0.29, 0.717) is 18.5 Å². The van der Waals surface area contributed by atoms with E-state index in [0.717, 1.165) is 5.56 Å².